The number of hydrogen-bond donors (Lipinski definition) is 1. The Morgan fingerprint density at radius 3 is 2.38 bits per heavy atom. The maximum Gasteiger partial charge on any atom is 0.0291 e. The molecular weight excluding hydrogens is 214 g/mol. The number of rotatable bonds is 6. The first kappa shape index (κ1) is 13.6. The molecule has 90 valence electrons. The lowest BCUT2D eigenvalue weighted by Gasteiger charge is -2.17. The zero-order valence-electron chi connectivity index (χ0n) is 10.8. The molecule has 0 bridgehead atoms. The minimum absolute atomic E-state index is 0.449. The Labute approximate surface area is 104 Å². The van der Waals surface area contributed by atoms with Gasteiger partial charge in [-0.05, 0) is 43.9 Å². The van der Waals surface area contributed by atoms with E-state index in [9.17, 15) is 0 Å². The lowest BCUT2D eigenvalue weighted by molar-refractivity contribution is 0.501. The average molecular weight is 237 g/mol. The second-order valence-electron chi connectivity index (χ2n) is 4.60. The van der Waals surface area contributed by atoms with Crippen LogP contribution >= 0.6 is 11.8 Å². The molecule has 1 aromatic rings. The highest BCUT2D eigenvalue weighted by Gasteiger charge is 2.06. The van der Waals surface area contributed by atoms with Crippen LogP contribution in [0, 0.1) is 12.8 Å². The summed E-state index contributed by atoms with van der Waals surface area (Å²) in [5.41, 5.74) is 2.70. The smallest absolute Gasteiger partial charge is 0.0291 e. The summed E-state index contributed by atoms with van der Waals surface area (Å²) in [6.07, 6.45) is 2.17. The van der Waals surface area contributed by atoms with Crippen molar-refractivity contribution in [1.82, 2.24) is 5.32 Å². The van der Waals surface area contributed by atoms with Gasteiger partial charge in [0.05, 0.1) is 0 Å². The zero-order chi connectivity index (χ0) is 12.0. The van der Waals surface area contributed by atoms with E-state index in [0.29, 0.717) is 6.04 Å². The van der Waals surface area contributed by atoms with Crippen LogP contribution in [0.15, 0.2) is 24.3 Å². The second kappa shape index (κ2) is 6.97. The van der Waals surface area contributed by atoms with Gasteiger partial charge in [0.15, 0.2) is 0 Å². The Bertz CT molecular complexity index is 294. The van der Waals surface area contributed by atoms with Crippen molar-refractivity contribution >= 4 is 11.8 Å². The lowest BCUT2D eigenvalue weighted by atomic mass is 10.1. The third-order valence-electron chi connectivity index (χ3n) is 2.80. The molecule has 0 saturated carbocycles. The molecule has 1 N–H and O–H groups in total. The molecule has 1 rings (SSSR count). The van der Waals surface area contributed by atoms with Crippen LogP contribution in [0.25, 0.3) is 0 Å². The first-order valence-electron chi connectivity index (χ1n) is 5.92. The lowest BCUT2D eigenvalue weighted by Crippen LogP contribution is -2.25. The van der Waals surface area contributed by atoms with Crippen LogP contribution in [0.2, 0.25) is 0 Å². The van der Waals surface area contributed by atoms with Crippen LogP contribution in [-0.2, 0) is 0 Å². The maximum absolute atomic E-state index is 3.59. The van der Waals surface area contributed by atoms with Gasteiger partial charge >= 0.3 is 0 Å². The molecule has 0 amide bonds. The van der Waals surface area contributed by atoms with Gasteiger partial charge in [-0.2, -0.15) is 11.8 Å². The van der Waals surface area contributed by atoms with E-state index in [1.165, 1.54) is 16.9 Å². The van der Waals surface area contributed by atoms with Crippen molar-refractivity contribution in [2.75, 3.05) is 18.6 Å². The quantitative estimate of drug-likeness (QED) is 0.810. The molecule has 2 heteroatoms. The molecule has 2 unspecified atom stereocenters. The third kappa shape index (κ3) is 4.58. The highest BCUT2D eigenvalue weighted by molar-refractivity contribution is 7.98. The van der Waals surface area contributed by atoms with Gasteiger partial charge in [-0.1, -0.05) is 36.8 Å². The van der Waals surface area contributed by atoms with Crippen LogP contribution in [0.1, 0.15) is 31.0 Å². The minimum Gasteiger partial charge on any atom is -0.310 e. The van der Waals surface area contributed by atoms with Crippen molar-refractivity contribution in [3.05, 3.63) is 35.4 Å². The average Bonchev–Trinajstić information content (AvgIpc) is 2.27. The van der Waals surface area contributed by atoms with Gasteiger partial charge in [0, 0.05) is 6.04 Å². The van der Waals surface area contributed by atoms with E-state index in [1.807, 2.05) is 11.8 Å². The topological polar surface area (TPSA) is 12.0 Å². The first-order chi connectivity index (χ1) is 7.63. The summed E-state index contributed by atoms with van der Waals surface area (Å²) in [5.74, 6) is 1.97. The molecule has 0 saturated heterocycles. The van der Waals surface area contributed by atoms with Gasteiger partial charge in [-0.25, -0.2) is 0 Å². The molecule has 0 aliphatic heterocycles. The Kier molecular flexibility index (Phi) is 5.93. The van der Waals surface area contributed by atoms with E-state index in [1.54, 1.807) is 0 Å². The van der Waals surface area contributed by atoms with Gasteiger partial charge in [0.25, 0.3) is 0 Å². The molecule has 0 heterocycles. The van der Waals surface area contributed by atoms with Crippen LogP contribution in [0.4, 0.5) is 0 Å². The SMILES string of the molecule is CSCC(C)CNC(C)c1ccc(C)cc1. The van der Waals surface area contributed by atoms with E-state index in [0.717, 1.165) is 12.5 Å². The summed E-state index contributed by atoms with van der Waals surface area (Å²) >= 11 is 1.92. The molecule has 1 nitrogen and oxygen atoms in total. The summed E-state index contributed by atoms with van der Waals surface area (Å²) in [7, 11) is 0. The largest absolute Gasteiger partial charge is 0.310 e. The molecule has 0 aromatic heterocycles. The number of hydrogen-bond acceptors (Lipinski definition) is 2. The van der Waals surface area contributed by atoms with E-state index < -0.39 is 0 Å². The number of benzene rings is 1. The van der Waals surface area contributed by atoms with Crippen LogP contribution < -0.4 is 5.32 Å². The predicted octanol–water partition coefficient (Wildman–Crippen LogP) is 3.64. The summed E-state index contributed by atoms with van der Waals surface area (Å²) in [4.78, 5) is 0. The fraction of sp³-hybridized carbons (Fsp3) is 0.571. The Hall–Kier alpha value is -0.470. The summed E-state index contributed by atoms with van der Waals surface area (Å²) in [6.45, 7) is 7.75. The summed E-state index contributed by atoms with van der Waals surface area (Å²) in [5, 5.41) is 3.59. The minimum atomic E-state index is 0.449. The predicted molar refractivity (Wildman–Crippen MR) is 75.1 cm³/mol. The van der Waals surface area contributed by atoms with Gasteiger partial charge in [0.1, 0.15) is 0 Å². The van der Waals surface area contributed by atoms with Crippen molar-refractivity contribution in [3.8, 4) is 0 Å². The van der Waals surface area contributed by atoms with Crippen molar-refractivity contribution in [3.63, 3.8) is 0 Å². The van der Waals surface area contributed by atoms with Crippen molar-refractivity contribution in [1.29, 1.82) is 0 Å². The van der Waals surface area contributed by atoms with Crippen LogP contribution in [0.3, 0.4) is 0 Å². The van der Waals surface area contributed by atoms with E-state index >= 15 is 0 Å². The monoisotopic (exact) mass is 237 g/mol. The fourth-order valence-electron chi connectivity index (χ4n) is 1.69. The Morgan fingerprint density at radius 2 is 1.81 bits per heavy atom. The van der Waals surface area contributed by atoms with Crippen molar-refractivity contribution < 1.29 is 0 Å². The van der Waals surface area contributed by atoms with Gasteiger partial charge in [0.2, 0.25) is 0 Å². The molecule has 0 aliphatic carbocycles. The van der Waals surface area contributed by atoms with E-state index in [2.05, 4.69) is 56.6 Å². The number of thioether (sulfide) groups is 1. The fourth-order valence-corrected chi connectivity index (χ4v) is 2.38. The summed E-state index contributed by atoms with van der Waals surface area (Å²) in [6, 6.07) is 9.24. The van der Waals surface area contributed by atoms with Crippen LogP contribution in [-0.4, -0.2) is 18.6 Å². The number of nitrogens with one attached hydrogen (secondary N) is 1. The highest BCUT2D eigenvalue weighted by Crippen LogP contribution is 2.13. The first-order valence-corrected chi connectivity index (χ1v) is 7.31. The molecule has 2 atom stereocenters. The van der Waals surface area contributed by atoms with Gasteiger partial charge in [-0.3, -0.25) is 0 Å². The molecule has 0 aliphatic rings. The van der Waals surface area contributed by atoms with Gasteiger partial charge in [-0.15, -0.1) is 0 Å². The Morgan fingerprint density at radius 1 is 1.19 bits per heavy atom. The van der Waals surface area contributed by atoms with Crippen molar-refractivity contribution in [2.45, 2.75) is 26.8 Å². The number of aryl methyl sites for hydroxylation is 1. The highest BCUT2D eigenvalue weighted by atomic mass is 32.2. The molecular formula is C14H23NS. The van der Waals surface area contributed by atoms with E-state index in [-0.39, 0.29) is 0 Å². The summed E-state index contributed by atoms with van der Waals surface area (Å²) < 4.78 is 0. The van der Waals surface area contributed by atoms with E-state index in [4.69, 9.17) is 0 Å². The van der Waals surface area contributed by atoms with Crippen molar-refractivity contribution in [2.24, 2.45) is 5.92 Å². The molecule has 1 aromatic carbocycles. The normalized spacial score (nSPS) is 14.8. The third-order valence-corrected chi connectivity index (χ3v) is 3.70. The standard InChI is InChI=1S/C14H23NS/c1-11-5-7-14(8-6-11)13(3)15-9-12(2)10-16-4/h5-8,12-13,15H,9-10H2,1-4H3. The molecule has 16 heavy (non-hydrogen) atoms. The van der Waals surface area contributed by atoms with Crippen LogP contribution in [0.5, 0.6) is 0 Å². The second-order valence-corrected chi connectivity index (χ2v) is 5.51. The maximum atomic E-state index is 3.59. The molecule has 0 radical (unpaired) electrons. The molecule has 0 fully saturated rings. The van der Waals surface area contributed by atoms with Gasteiger partial charge < -0.3 is 5.32 Å². The Balaban J connectivity index is 2.40. The molecule has 0 spiro atoms. The zero-order valence-corrected chi connectivity index (χ0v) is 11.6.